The number of hydrogen-bond donors (Lipinski definition) is 0. The van der Waals surface area contributed by atoms with Gasteiger partial charge in [0.2, 0.25) is 5.91 Å². The highest BCUT2D eigenvalue weighted by atomic mass is 35.5. The zero-order chi connectivity index (χ0) is 16.6. The predicted octanol–water partition coefficient (Wildman–Crippen LogP) is 1.89. The third-order valence-corrected chi connectivity index (χ3v) is 4.41. The van der Waals surface area contributed by atoms with Gasteiger partial charge in [-0.1, -0.05) is 23.7 Å². The van der Waals surface area contributed by atoms with Gasteiger partial charge in [0.1, 0.15) is 5.82 Å². The summed E-state index contributed by atoms with van der Waals surface area (Å²) >= 11 is 5.95. The van der Waals surface area contributed by atoms with Crippen molar-refractivity contribution in [3.05, 3.63) is 46.5 Å². The fourth-order valence-electron chi connectivity index (χ4n) is 2.90. The van der Waals surface area contributed by atoms with Gasteiger partial charge >= 0.3 is 0 Å². The van der Waals surface area contributed by atoms with Crippen LogP contribution in [0.1, 0.15) is 23.3 Å². The van der Waals surface area contributed by atoms with Crippen molar-refractivity contribution in [3.63, 3.8) is 0 Å². The number of benzene rings is 1. The van der Waals surface area contributed by atoms with Gasteiger partial charge in [-0.15, -0.1) is 10.2 Å². The third-order valence-electron chi connectivity index (χ3n) is 4.16. The van der Waals surface area contributed by atoms with E-state index >= 15 is 0 Å². The summed E-state index contributed by atoms with van der Waals surface area (Å²) in [5, 5.41) is 9.10. The Hall–Kier alpha value is -1.92. The number of amides is 1. The van der Waals surface area contributed by atoms with E-state index in [0.717, 1.165) is 30.3 Å². The Balaban J connectivity index is 1.92. The van der Waals surface area contributed by atoms with Gasteiger partial charge < -0.3 is 9.47 Å². The molecule has 0 spiro atoms. The number of carbonyl (C=O) groups is 1. The van der Waals surface area contributed by atoms with Gasteiger partial charge in [0.25, 0.3) is 0 Å². The minimum atomic E-state index is -0.407. The number of likely N-dealkylation sites (N-methyl/N-ethyl adjacent to an activating group) is 1. The van der Waals surface area contributed by atoms with Crippen LogP contribution >= 0.6 is 11.6 Å². The molecular weight excluding hydrogens is 314 g/mol. The van der Waals surface area contributed by atoms with Gasteiger partial charge in [0, 0.05) is 38.8 Å². The zero-order valence-electron chi connectivity index (χ0n) is 13.5. The molecule has 1 aromatic heterocycles. The first-order valence-electron chi connectivity index (χ1n) is 7.56. The van der Waals surface area contributed by atoms with Gasteiger partial charge in [0.05, 0.1) is 0 Å². The first-order valence-corrected chi connectivity index (χ1v) is 7.94. The van der Waals surface area contributed by atoms with Crippen LogP contribution in [0.2, 0.25) is 5.02 Å². The Morgan fingerprint density at radius 2 is 1.96 bits per heavy atom. The molecule has 122 valence electrons. The van der Waals surface area contributed by atoms with Gasteiger partial charge in [-0.2, -0.15) is 0 Å². The lowest BCUT2D eigenvalue weighted by atomic mass is 10.1. The molecule has 1 aliphatic heterocycles. The normalized spacial score (nSPS) is 17.8. The van der Waals surface area contributed by atoms with Crippen LogP contribution in [0.25, 0.3) is 0 Å². The molecule has 2 aromatic rings. The predicted molar refractivity (Wildman–Crippen MR) is 88.1 cm³/mol. The second-order valence-electron chi connectivity index (χ2n) is 5.99. The van der Waals surface area contributed by atoms with Crippen molar-refractivity contribution in [2.75, 3.05) is 20.6 Å². The van der Waals surface area contributed by atoms with Gasteiger partial charge in [-0.3, -0.25) is 9.69 Å². The van der Waals surface area contributed by atoms with Crippen LogP contribution in [0.3, 0.4) is 0 Å². The van der Waals surface area contributed by atoms with E-state index in [9.17, 15) is 4.79 Å². The summed E-state index contributed by atoms with van der Waals surface area (Å²) in [7, 11) is 3.54. The Morgan fingerprint density at radius 3 is 2.61 bits per heavy atom. The number of carbonyl (C=O) groups excluding carboxylic acids is 1. The van der Waals surface area contributed by atoms with Crippen LogP contribution in [-0.4, -0.2) is 51.1 Å². The molecule has 1 atom stereocenters. The Labute approximate surface area is 140 Å². The van der Waals surface area contributed by atoms with Crippen LogP contribution in [0.15, 0.2) is 24.3 Å². The van der Waals surface area contributed by atoms with Crippen LogP contribution in [0.4, 0.5) is 0 Å². The first kappa shape index (κ1) is 16.0. The van der Waals surface area contributed by atoms with Gasteiger partial charge in [-0.05, 0) is 24.6 Å². The molecule has 1 aromatic carbocycles. The van der Waals surface area contributed by atoms with E-state index in [1.165, 1.54) is 0 Å². The van der Waals surface area contributed by atoms with Crippen molar-refractivity contribution in [3.8, 4) is 0 Å². The monoisotopic (exact) mass is 333 g/mol. The van der Waals surface area contributed by atoms with E-state index < -0.39 is 6.04 Å². The van der Waals surface area contributed by atoms with Crippen molar-refractivity contribution < 1.29 is 4.79 Å². The highest BCUT2D eigenvalue weighted by Gasteiger charge is 2.36. The molecule has 0 bridgehead atoms. The fraction of sp³-hybridized carbons (Fsp3) is 0.438. The average molecular weight is 334 g/mol. The summed E-state index contributed by atoms with van der Waals surface area (Å²) in [6.07, 6.45) is 0. The summed E-state index contributed by atoms with van der Waals surface area (Å²) in [6, 6.07) is 7.32. The van der Waals surface area contributed by atoms with Crippen molar-refractivity contribution in [2.45, 2.75) is 26.1 Å². The summed E-state index contributed by atoms with van der Waals surface area (Å²) in [5.41, 5.74) is 1.12. The Morgan fingerprint density at radius 1 is 1.26 bits per heavy atom. The molecule has 6 nitrogen and oxygen atoms in total. The molecule has 2 heterocycles. The molecule has 0 saturated carbocycles. The molecule has 1 unspecified atom stereocenters. The quantitative estimate of drug-likeness (QED) is 0.860. The molecule has 0 aliphatic carbocycles. The number of rotatable bonds is 3. The molecule has 0 fully saturated rings. The number of fused-ring (bicyclic) bond motifs is 1. The maximum absolute atomic E-state index is 12.7. The zero-order valence-corrected chi connectivity index (χ0v) is 14.3. The van der Waals surface area contributed by atoms with Crippen LogP contribution in [0, 0.1) is 6.92 Å². The number of aromatic nitrogens is 3. The number of hydrogen-bond acceptors (Lipinski definition) is 4. The van der Waals surface area contributed by atoms with Gasteiger partial charge in [-0.25, -0.2) is 0 Å². The topological polar surface area (TPSA) is 54.3 Å². The molecular formula is C16H20ClN5O. The van der Waals surface area contributed by atoms with Crippen molar-refractivity contribution in [2.24, 2.45) is 0 Å². The fourth-order valence-corrected chi connectivity index (χ4v) is 3.03. The molecule has 0 N–H and O–H groups in total. The Bertz CT molecular complexity index is 710. The highest BCUT2D eigenvalue weighted by Crippen LogP contribution is 2.28. The van der Waals surface area contributed by atoms with E-state index in [4.69, 9.17) is 11.6 Å². The smallest absolute Gasteiger partial charge is 0.247 e. The van der Waals surface area contributed by atoms with Crippen molar-refractivity contribution >= 4 is 17.5 Å². The largest absolute Gasteiger partial charge is 0.347 e. The standard InChI is InChI=1S/C16H20ClN5O/c1-11-18-19-15-14(16(23)20(2)3)21(8-9-22(11)15)10-12-4-6-13(17)7-5-12/h4-7,14H,8-10H2,1-3H3. The maximum Gasteiger partial charge on any atom is 0.247 e. The third kappa shape index (κ3) is 3.09. The molecule has 1 amide bonds. The van der Waals surface area contributed by atoms with Gasteiger partial charge in [0.15, 0.2) is 11.9 Å². The first-order chi connectivity index (χ1) is 11.0. The minimum absolute atomic E-state index is 0.0207. The SMILES string of the molecule is Cc1nnc2n1CCN(Cc1ccc(Cl)cc1)C2C(=O)N(C)C. The lowest BCUT2D eigenvalue weighted by molar-refractivity contribution is -0.136. The molecule has 23 heavy (non-hydrogen) atoms. The number of nitrogens with zero attached hydrogens (tertiary/aromatic N) is 5. The summed E-state index contributed by atoms with van der Waals surface area (Å²) in [6.45, 7) is 4.16. The molecule has 7 heteroatoms. The second-order valence-corrected chi connectivity index (χ2v) is 6.43. The maximum atomic E-state index is 12.7. The van der Waals surface area contributed by atoms with E-state index in [1.807, 2.05) is 35.8 Å². The lowest BCUT2D eigenvalue weighted by Crippen LogP contribution is -2.45. The second kappa shape index (κ2) is 6.29. The lowest BCUT2D eigenvalue weighted by Gasteiger charge is -2.36. The molecule has 3 rings (SSSR count). The molecule has 0 radical (unpaired) electrons. The van der Waals surface area contributed by atoms with Crippen LogP contribution < -0.4 is 0 Å². The summed E-state index contributed by atoms with van der Waals surface area (Å²) in [5.74, 6) is 1.59. The van der Waals surface area contributed by atoms with E-state index in [0.29, 0.717) is 11.6 Å². The van der Waals surface area contributed by atoms with Crippen molar-refractivity contribution in [1.29, 1.82) is 0 Å². The summed E-state index contributed by atoms with van der Waals surface area (Å²) in [4.78, 5) is 16.5. The van der Waals surface area contributed by atoms with Crippen LogP contribution in [-0.2, 0) is 17.9 Å². The van der Waals surface area contributed by atoms with E-state index in [-0.39, 0.29) is 5.91 Å². The van der Waals surface area contributed by atoms with E-state index in [2.05, 4.69) is 15.1 Å². The Kier molecular flexibility index (Phi) is 4.37. The van der Waals surface area contributed by atoms with Crippen LogP contribution in [0.5, 0.6) is 0 Å². The highest BCUT2D eigenvalue weighted by molar-refractivity contribution is 6.30. The molecule has 0 saturated heterocycles. The number of aryl methyl sites for hydroxylation is 1. The molecule has 1 aliphatic rings. The van der Waals surface area contributed by atoms with Crippen molar-refractivity contribution in [1.82, 2.24) is 24.6 Å². The minimum Gasteiger partial charge on any atom is -0.347 e. The summed E-state index contributed by atoms with van der Waals surface area (Å²) < 4.78 is 2.03. The van der Waals surface area contributed by atoms with E-state index in [1.54, 1.807) is 19.0 Å². The number of halogens is 1. The average Bonchev–Trinajstić information content (AvgIpc) is 2.90.